The van der Waals surface area contributed by atoms with Crippen LogP contribution in [0.2, 0.25) is 0 Å². The SMILES string of the molecule is CC1CC(C)CN(c2nnc(SCc3nnc(-c4ccccc4)o3)n2Cc2ccco2)C1. The Morgan fingerprint density at radius 1 is 0.969 bits per heavy atom. The first kappa shape index (κ1) is 20.8. The van der Waals surface area contributed by atoms with Crippen LogP contribution in [0.1, 0.15) is 31.9 Å². The zero-order valence-corrected chi connectivity index (χ0v) is 19.0. The summed E-state index contributed by atoms with van der Waals surface area (Å²) < 4.78 is 13.6. The van der Waals surface area contributed by atoms with Crippen LogP contribution in [0, 0.1) is 11.8 Å². The molecule has 0 N–H and O–H groups in total. The minimum Gasteiger partial charge on any atom is -0.467 e. The van der Waals surface area contributed by atoms with E-state index in [2.05, 4.69) is 43.7 Å². The van der Waals surface area contributed by atoms with Gasteiger partial charge in [-0.15, -0.1) is 20.4 Å². The molecule has 3 aromatic heterocycles. The highest BCUT2D eigenvalue weighted by Gasteiger charge is 2.27. The number of furan rings is 1. The Labute approximate surface area is 191 Å². The third-order valence-corrected chi connectivity index (χ3v) is 6.51. The van der Waals surface area contributed by atoms with Gasteiger partial charge in [-0.1, -0.05) is 43.8 Å². The van der Waals surface area contributed by atoms with Crippen molar-refractivity contribution in [3.63, 3.8) is 0 Å². The van der Waals surface area contributed by atoms with E-state index in [1.807, 2.05) is 42.5 Å². The van der Waals surface area contributed by atoms with Gasteiger partial charge in [0.15, 0.2) is 5.16 Å². The lowest BCUT2D eigenvalue weighted by Crippen LogP contribution is -2.40. The number of hydrogen-bond acceptors (Lipinski definition) is 8. The third-order valence-electron chi connectivity index (χ3n) is 5.56. The smallest absolute Gasteiger partial charge is 0.247 e. The Morgan fingerprint density at radius 3 is 2.53 bits per heavy atom. The van der Waals surface area contributed by atoms with E-state index in [4.69, 9.17) is 8.83 Å². The molecule has 1 aliphatic heterocycles. The van der Waals surface area contributed by atoms with Gasteiger partial charge in [-0.25, -0.2) is 0 Å². The van der Waals surface area contributed by atoms with Crippen molar-refractivity contribution in [2.24, 2.45) is 11.8 Å². The van der Waals surface area contributed by atoms with E-state index in [-0.39, 0.29) is 0 Å². The molecule has 1 fully saturated rings. The molecule has 0 spiro atoms. The van der Waals surface area contributed by atoms with Gasteiger partial charge in [0.1, 0.15) is 5.76 Å². The van der Waals surface area contributed by atoms with E-state index in [9.17, 15) is 0 Å². The summed E-state index contributed by atoms with van der Waals surface area (Å²) in [7, 11) is 0. The van der Waals surface area contributed by atoms with E-state index >= 15 is 0 Å². The van der Waals surface area contributed by atoms with Crippen LogP contribution in [0.5, 0.6) is 0 Å². The van der Waals surface area contributed by atoms with Crippen LogP contribution in [0.4, 0.5) is 5.95 Å². The molecule has 1 aromatic carbocycles. The molecule has 8 nitrogen and oxygen atoms in total. The van der Waals surface area contributed by atoms with E-state index in [1.54, 1.807) is 18.0 Å². The fraction of sp³-hybridized carbons (Fsp3) is 0.391. The molecule has 5 rings (SSSR count). The second-order valence-electron chi connectivity index (χ2n) is 8.45. The Kier molecular flexibility index (Phi) is 5.98. The van der Waals surface area contributed by atoms with E-state index in [1.165, 1.54) is 6.42 Å². The minimum atomic E-state index is 0.517. The molecule has 1 saturated heterocycles. The molecule has 166 valence electrons. The fourth-order valence-corrected chi connectivity index (χ4v) is 5.05. The molecule has 1 aliphatic rings. The Bertz CT molecular complexity index is 1130. The summed E-state index contributed by atoms with van der Waals surface area (Å²) in [6, 6.07) is 13.7. The number of nitrogens with zero attached hydrogens (tertiary/aromatic N) is 6. The van der Waals surface area contributed by atoms with Crippen molar-refractivity contribution >= 4 is 17.7 Å². The first-order chi connectivity index (χ1) is 15.7. The molecule has 2 unspecified atom stereocenters. The van der Waals surface area contributed by atoms with Gasteiger partial charge >= 0.3 is 0 Å². The normalized spacial score (nSPS) is 18.9. The van der Waals surface area contributed by atoms with Gasteiger partial charge in [-0.05, 0) is 42.5 Å². The van der Waals surface area contributed by atoms with Gasteiger partial charge in [0.05, 0.1) is 18.6 Å². The minimum absolute atomic E-state index is 0.517. The fourth-order valence-electron chi connectivity index (χ4n) is 4.28. The molecule has 0 amide bonds. The lowest BCUT2D eigenvalue weighted by atomic mass is 9.92. The van der Waals surface area contributed by atoms with Crippen LogP contribution in [0.25, 0.3) is 11.5 Å². The van der Waals surface area contributed by atoms with E-state index < -0.39 is 0 Å². The predicted molar refractivity (Wildman–Crippen MR) is 122 cm³/mol. The number of rotatable bonds is 7. The average molecular weight is 451 g/mol. The van der Waals surface area contributed by atoms with Crippen molar-refractivity contribution in [3.8, 4) is 11.5 Å². The molecule has 0 radical (unpaired) electrons. The maximum absolute atomic E-state index is 5.86. The first-order valence-corrected chi connectivity index (χ1v) is 11.9. The lowest BCUT2D eigenvalue weighted by molar-refractivity contribution is 0.350. The van der Waals surface area contributed by atoms with Gasteiger partial charge < -0.3 is 13.7 Å². The number of aromatic nitrogens is 5. The standard InChI is InChI=1S/C23H26N6O2S/c1-16-11-17(2)13-28(12-16)22-26-27-23(29(22)14-19-9-6-10-30-19)32-15-20-24-25-21(31-20)18-7-4-3-5-8-18/h3-10,16-17H,11-15H2,1-2H3. The van der Waals surface area contributed by atoms with Crippen molar-refractivity contribution in [2.75, 3.05) is 18.0 Å². The summed E-state index contributed by atoms with van der Waals surface area (Å²) in [5, 5.41) is 18.3. The summed E-state index contributed by atoms with van der Waals surface area (Å²) >= 11 is 1.54. The number of piperidine rings is 1. The summed E-state index contributed by atoms with van der Waals surface area (Å²) in [6.07, 6.45) is 2.94. The zero-order valence-electron chi connectivity index (χ0n) is 18.2. The van der Waals surface area contributed by atoms with Gasteiger partial charge in [0.2, 0.25) is 17.7 Å². The van der Waals surface area contributed by atoms with Crippen LogP contribution in [0.3, 0.4) is 0 Å². The molecular weight excluding hydrogens is 424 g/mol. The Balaban J connectivity index is 1.36. The van der Waals surface area contributed by atoms with Gasteiger partial charge in [-0.3, -0.25) is 4.57 Å². The molecule has 0 aliphatic carbocycles. The maximum atomic E-state index is 5.86. The first-order valence-electron chi connectivity index (χ1n) is 10.9. The quantitative estimate of drug-likeness (QED) is 0.373. The topological polar surface area (TPSA) is 86.0 Å². The lowest BCUT2D eigenvalue weighted by Gasteiger charge is -2.35. The highest BCUT2D eigenvalue weighted by Crippen LogP contribution is 2.30. The largest absolute Gasteiger partial charge is 0.467 e. The molecule has 4 aromatic rings. The molecule has 4 heterocycles. The van der Waals surface area contributed by atoms with Crippen molar-refractivity contribution in [2.45, 2.75) is 37.7 Å². The van der Waals surface area contributed by atoms with Crippen LogP contribution in [-0.4, -0.2) is 38.1 Å². The number of anilines is 1. The summed E-state index contributed by atoms with van der Waals surface area (Å²) in [6.45, 7) is 7.14. The van der Waals surface area contributed by atoms with Crippen molar-refractivity contribution in [3.05, 3.63) is 60.4 Å². The second-order valence-corrected chi connectivity index (χ2v) is 9.40. The van der Waals surface area contributed by atoms with E-state index in [0.717, 1.165) is 35.5 Å². The third kappa shape index (κ3) is 4.57. The van der Waals surface area contributed by atoms with Crippen molar-refractivity contribution in [1.82, 2.24) is 25.0 Å². The van der Waals surface area contributed by atoms with Gasteiger partial charge in [0, 0.05) is 18.7 Å². The molecule has 2 atom stereocenters. The average Bonchev–Trinajstić information content (AvgIpc) is 3.54. The molecule has 0 saturated carbocycles. The van der Waals surface area contributed by atoms with Crippen LogP contribution in [0.15, 0.2) is 62.7 Å². The van der Waals surface area contributed by atoms with Gasteiger partial charge in [0.25, 0.3) is 0 Å². The van der Waals surface area contributed by atoms with Crippen molar-refractivity contribution in [1.29, 1.82) is 0 Å². The second kappa shape index (κ2) is 9.20. The molecular formula is C23H26N6O2S. The van der Waals surface area contributed by atoms with Gasteiger partial charge in [-0.2, -0.15) is 0 Å². The number of hydrogen-bond donors (Lipinski definition) is 0. The summed E-state index contributed by atoms with van der Waals surface area (Å²) in [5.74, 6) is 4.60. The van der Waals surface area contributed by atoms with Crippen LogP contribution >= 0.6 is 11.8 Å². The van der Waals surface area contributed by atoms with E-state index in [0.29, 0.717) is 35.9 Å². The van der Waals surface area contributed by atoms with Crippen LogP contribution < -0.4 is 4.90 Å². The Hall–Kier alpha value is -3.07. The maximum Gasteiger partial charge on any atom is 0.247 e. The summed E-state index contributed by atoms with van der Waals surface area (Å²) in [4.78, 5) is 2.35. The predicted octanol–water partition coefficient (Wildman–Crippen LogP) is 4.74. The molecule has 32 heavy (non-hydrogen) atoms. The molecule has 9 heteroatoms. The summed E-state index contributed by atoms with van der Waals surface area (Å²) in [5.41, 5.74) is 0.910. The number of thioether (sulfide) groups is 1. The highest BCUT2D eigenvalue weighted by molar-refractivity contribution is 7.98. The number of benzene rings is 1. The van der Waals surface area contributed by atoms with Crippen LogP contribution in [-0.2, 0) is 12.3 Å². The zero-order chi connectivity index (χ0) is 21.9. The highest BCUT2D eigenvalue weighted by atomic mass is 32.2. The monoisotopic (exact) mass is 450 g/mol. The Morgan fingerprint density at radius 2 is 1.78 bits per heavy atom. The molecule has 0 bridgehead atoms. The van der Waals surface area contributed by atoms with Crippen molar-refractivity contribution < 1.29 is 8.83 Å².